The molecule has 2 amide bonds. The Bertz CT molecular complexity index is 1560. The third kappa shape index (κ3) is 4.63. The molecule has 1 saturated heterocycles. The lowest BCUT2D eigenvalue weighted by Crippen LogP contribution is -2.67. The molecule has 0 saturated carbocycles. The molecule has 1 unspecified atom stereocenters. The number of ether oxygens (including phenoxy) is 2. The molecule has 214 valence electrons. The predicted molar refractivity (Wildman–Crippen MR) is 156 cm³/mol. The van der Waals surface area contributed by atoms with E-state index in [1.54, 1.807) is 22.3 Å². The summed E-state index contributed by atoms with van der Waals surface area (Å²) in [6.45, 7) is 8.77. The second kappa shape index (κ2) is 11.0. The third-order valence-corrected chi connectivity index (χ3v) is 8.35. The van der Waals surface area contributed by atoms with Crippen molar-refractivity contribution < 1.29 is 19.1 Å². The van der Waals surface area contributed by atoms with Crippen molar-refractivity contribution in [2.24, 2.45) is 0 Å². The van der Waals surface area contributed by atoms with Crippen molar-refractivity contribution in [2.75, 3.05) is 32.8 Å². The molecule has 4 aromatic rings. The number of H-pyrrole nitrogens is 1. The highest BCUT2D eigenvalue weighted by molar-refractivity contribution is 6.01. The van der Waals surface area contributed by atoms with Crippen LogP contribution in [0.5, 0.6) is 11.5 Å². The van der Waals surface area contributed by atoms with Gasteiger partial charge in [-0.3, -0.25) is 9.59 Å². The minimum atomic E-state index is -1.12. The number of carbonyl (C=O) groups is 2. The number of piperazine rings is 1. The van der Waals surface area contributed by atoms with E-state index in [9.17, 15) is 9.59 Å². The van der Waals surface area contributed by atoms with E-state index < -0.39 is 5.54 Å². The number of carbonyl (C=O) groups excluding carboxylic acids is 2. The Balaban J connectivity index is 1.40. The summed E-state index contributed by atoms with van der Waals surface area (Å²) in [6.07, 6.45) is 7.06. The SMILES string of the molecule is CCCOc1ccc(C2CN3C(=O)CN(CCCn4ccnc4)C(=O)[C@]3(C)c3[nH]c4ccccc4c32)cc1OCC. The van der Waals surface area contributed by atoms with E-state index in [-0.39, 0.29) is 24.3 Å². The van der Waals surface area contributed by atoms with Crippen LogP contribution >= 0.6 is 0 Å². The van der Waals surface area contributed by atoms with Crippen molar-refractivity contribution in [2.45, 2.75) is 51.6 Å². The number of para-hydroxylation sites is 1. The fourth-order valence-corrected chi connectivity index (χ4v) is 6.36. The molecular weight excluding hydrogens is 518 g/mol. The Morgan fingerprint density at radius 3 is 2.71 bits per heavy atom. The topological polar surface area (TPSA) is 92.7 Å². The van der Waals surface area contributed by atoms with Crippen LogP contribution in [0.4, 0.5) is 0 Å². The molecule has 2 aromatic carbocycles. The molecule has 2 aromatic heterocycles. The third-order valence-electron chi connectivity index (χ3n) is 8.35. The first-order valence-electron chi connectivity index (χ1n) is 14.5. The molecule has 2 aliphatic rings. The van der Waals surface area contributed by atoms with Gasteiger partial charge in [-0.15, -0.1) is 0 Å². The summed E-state index contributed by atoms with van der Waals surface area (Å²) >= 11 is 0. The van der Waals surface area contributed by atoms with Crippen LogP contribution in [-0.4, -0.2) is 69.0 Å². The number of imidazole rings is 1. The Morgan fingerprint density at radius 2 is 1.93 bits per heavy atom. The van der Waals surface area contributed by atoms with Gasteiger partial charge in [-0.1, -0.05) is 31.2 Å². The number of aryl methyl sites for hydroxylation is 1. The first-order valence-corrected chi connectivity index (χ1v) is 14.5. The summed E-state index contributed by atoms with van der Waals surface area (Å²) in [7, 11) is 0. The van der Waals surface area contributed by atoms with Crippen LogP contribution < -0.4 is 9.47 Å². The summed E-state index contributed by atoms with van der Waals surface area (Å²) in [5.41, 5.74) is 2.70. The van der Waals surface area contributed by atoms with Gasteiger partial charge in [0.2, 0.25) is 5.91 Å². The normalized spacial score (nSPS) is 20.3. The molecule has 1 N–H and O–H groups in total. The molecule has 2 aliphatic heterocycles. The van der Waals surface area contributed by atoms with Crippen LogP contribution in [0.1, 0.15) is 56.4 Å². The summed E-state index contributed by atoms with van der Waals surface area (Å²) in [5.74, 6) is 1.17. The molecule has 2 atom stereocenters. The number of nitrogens with one attached hydrogen (secondary N) is 1. The van der Waals surface area contributed by atoms with Gasteiger partial charge in [0.25, 0.3) is 5.91 Å². The van der Waals surface area contributed by atoms with Gasteiger partial charge in [-0.2, -0.15) is 0 Å². The van der Waals surface area contributed by atoms with Crippen LogP contribution in [0.2, 0.25) is 0 Å². The van der Waals surface area contributed by atoms with Gasteiger partial charge in [0.15, 0.2) is 17.0 Å². The summed E-state index contributed by atoms with van der Waals surface area (Å²) in [6, 6.07) is 14.2. The highest BCUT2D eigenvalue weighted by Gasteiger charge is 2.56. The lowest BCUT2D eigenvalue weighted by atomic mass is 9.76. The maximum absolute atomic E-state index is 14.2. The number of rotatable bonds is 10. The Kier molecular flexibility index (Phi) is 7.19. The van der Waals surface area contributed by atoms with Gasteiger partial charge in [0, 0.05) is 48.8 Å². The van der Waals surface area contributed by atoms with Crippen LogP contribution in [0, 0.1) is 0 Å². The number of amides is 2. The maximum atomic E-state index is 14.2. The van der Waals surface area contributed by atoms with Crippen LogP contribution in [0.3, 0.4) is 0 Å². The number of nitrogens with zero attached hydrogens (tertiary/aromatic N) is 4. The quantitative estimate of drug-likeness (QED) is 0.307. The van der Waals surface area contributed by atoms with Crippen molar-refractivity contribution in [3.8, 4) is 11.5 Å². The maximum Gasteiger partial charge on any atom is 0.254 e. The van der Waals surface area contributed by atoms with E-state index in [0.29, 0.717) is 37.8 Å². The van der Waals surface area contributed by atoms with Gasteiger partial charge in [0.05, 0.1) is 31.8 Å². The molecule has 0 spiro atoms. The first-order chi connectivity index (χ1) is 20.0. The molecule has 9 nitrogen and oxygen atoms in total. The molecule has 4 heterocycles. The van der Waals surface area contributed by atoms with Crippen molar-refractivity contribution in [3.05, 3.63) is 78.0 Å². The van der Waals surface area contributed by atoms with Gasteiger partial charge < -0.3 is 28.8 Å². The Hall–Kier alpha value is -4.27. The number of aromatic amines is 1. The average Bonchev–Trinajstić information content (AvgIpc) is 3.64. The van der Waals surface area contributed by atoms with E-state index in [1.807, 2.05) is 54.9 Å². The van der Waals surface area contributed by atoms with E-state index in [0.717, 1.165) is 47.1 Å². The highest BCUT2D eigenvalue weighted by atomic mass is 16.5. The zero-order valence-electron chi connectivity index (χ0n) is 23.9. The van der Waals surface area contributed by atoms with Gasteiger partial charge in [-0.25, -0.2) is 4.98 Å². The smallest absolute Gasteiger partial charge is 0.254 e. The highest BCUT2D eigenvalue weighted by Crippen LogP contribution is 2.49. The molecule has 41 heavy (non-hydrogen) atoms. The molecule has 0 radical (unpaired) electrons. The molecule has 6 rings (SSSR count). The fourth-order valence-electron chi connectivity index (χ4n) is 6.36. The van der Waals surface area contributed by atoms with Crippen LogP contribution in [-0.2, 0) is 21.7 Å². The van der Waals surface area contributed by atoms with Crippen molar-refractivity contribution in [3.63, 3.8) is 0 Å². The lowest BCUT2D eigenvalue weighted by molar-refractivity contribution is -0.166. The summed E-state index contributed by atoms with van der Waals surface area (Å²) < 4.78 is 13.9. The second-order valence-corrected chi connectivity index (χ2v) is 11.0. The van der Waals surface area contributed by atoms with Crippen molar-refractivity contribution >= 4 is 22.7 Å². The van der Waals surface area contributed by atoms with Crippen molar-refractivity contribution in [1.29, 1.82) is 0 Å². The standard InChI is InChI=1S/C32H37N5O4/c1-4-17-41-26-12-11-22(18-27(26)40-5-2)24-19-37-28(38)20-36(15-8-14-35-16-13-33-21-35)31(39)32(37,3)30-29(24)23-9-6-7-10-25(23)34-30/h6-7,9-13,16,18,21,24,34H,4-5,8,14-15,17,19-20H2,1-3H3/t24?,32-/m0/s1. The fraction of sp³-hybridized carbons (Fsp3) is 0.406. The number of hydrogen-bond acceptors (Lipinski definition) is 5. The average molecular weight is 556 g/mol. The monoisotopic (exact) mass is 555 g/mol. The Labute approximate surface area is 240 Å². The first kappa shape index (κ1) is 26.9. The number of benzene rings is 2. The van der Waals surface area contributed by atoms with Crippen molar-refractivity contribution in [1.82, 2.24) is 24.3 Å². The molecular formula is C32H37N5O4. The zero-order valence-corrected chi connectivity index (χ0v) is 23.9. The van der Waals surface area contributed by atoms with E-state index in [1.165, 1.54) is 0 Å². The molecule has 0 bridgehead atoms. The van der Waals surface area contributed by atoms with E-state index in [2.05, 4.69) is 29.0 Å². The van der Waals surface area contributed by atoms with Gasteiger partial charge in [0.1, 0.15) is 0 Å². The van der Waals surface area contributed by atoms with E-state index >= 15 is 0 Å². The van der Waals surface area contributed by atoms with E-state index in [4.69, 9.17) is 9.47 Å². The minimum Gasteiger partial charge on any atom is -0.490 e. The molecule has 0 aliphatic carbocycles. The second-order valence-electron chi connectivity index (χ2n) is 11.0. The lowest BCUT2D eigenvalue weighted by Gasteiger charge is -2.51. The zero-order chi connectivity index (χ0) is 28.6. The summed E-state index contributed by atoms with van der Waals surface area (Å²) in [5, 5.41) is 1.06. The summed E-state index contributed by atoms with van der Waals surface area (Å²) in [4.78, 5) is 39.2. The largest absolute Gasteiger partial charge is 0.490 e. The molecule has 9 heteroatoms. The minimum absolute atomic E-state index is 0.0445. The number of hydrogen-bond donors (Lipinski definition) is 1. The van der Waals surface area contributed by atoms with Gasteiger partial charge in [-0.05, 0) is 56.0 Å². The molecule has 1 fully saturated rings. The Morgan fingerprint density at radius 1 is 1.07 bits per heavy atom. The predicted octanol–water partition coefficient (Wildman–Crippen LogP) is 4.67. The number of aromatic nitrogens is 3. The van der Waals surface area contributed by atoms with Crippen LogP contribution in [0.25, 0.3) is 10.9 Å². The van der Waals surface area contributed by atoms with Gasteiger partial charge >= 0.3 is 0 Å². The number of fused-ring (bicyclic) bond motifs is 5. The van der Waals surface area contributed by atoms with Crippen LogP contribution in [0.15, 0.2) is 61.2 Å².